The van der Waals surface area contributed by atoms with Crippen LogP contribution in [-0.4, -0.2) is 32.2 Å². The van der Waals surface area contributed by atoms with Crippen LogP contribution in [0.3, 0.4) is 0 Å². The fourth-order valence-corrected chi connectivity index (χ4v) is 1.16. The molecule has 0 aliphatic carbocycles. The number of anilines is 1. The number of carbonyl (C=O) groups excluding carboxylic acids is 1. The van der Waals surface area contributed by atoms with Crippen molar-refractivity contribution in [1.82, 2.24) is 5.32 Å². The molecule has 1 N–H and O–H groups in total. The summed E-state index contributed by atoms with van der Waals surface area (Å²) in [5, 5.41) is 2.76. The lowest BCUT2D eigenvalue weighted by atomic mass is 10.3. The molecule has 0 fully saturated rings. The monoisotopic (exact) mass is 370 g/mol. The van der Waals surface area contributed by atoms with Gasteiger partial charge in [-0.3, -0.25) is 0 Å². The first-order valence-corrected chi connectivity index (χ1v) is 7.32. The first kappa shape index (κ1) is 16.3. The van der Waals surface area contributed by atoms with E-state index in [1.54, 1.807) is 12.1 Å². The van der Waals surface area contributed by atoms with Gasteiger partial charge >= 0.3 is 6.09 Å². The average Bonchev–Trinajstić information content (AvgIpc) is 2.34. The highest BCUT2D eigenvalue weighted by molar-refractivity contribution is 14.1. The molecule has 0 aliphatic rings. The van der Waals surface area contributed by atoms with E-state index in [1.165, 1.54) is 7.05 Å². The van der Waals surface area contributed by atoms with Gasteiger partial charge in [-0.2, -0.15) is 0 Å². The SMILES string of the molecule is CI.CNC(=O)Oc1cc(N(C)C)ccc1Cl. The summed E-state index contributed by atoms with van der Waals surface area (Å²) in [5.74, 6) is 0.349. The van der Waals surface area contributed by atoms with Gasteiger partial charge in [0, 0.05) is 32.9 Å². The maximum absolute atomic E-state index is 11.0. The molecule has 17 heavy (non-hydrogen) atoms. The van der Waals surface area contributed by atoms with Gasteiger partial charge in [-0.25, -0.2) is 4.79 Å². The van der Waals surface area contributed by atoms with Crippen LogP contribution in [0.2, 0.25) is 5.02 Å². The molecule has 0 saturated carbocycles. The smallest absolute Gasteiger partial charge is 0.409 e. The molecule has 0 saturated heterocycles. The van der Waals surface area contributed by atoms with E-state index in [1.807, 2.05) is 30.0 Å². The number of rotatable bonds is 2. The molecular weight excluding hydrogens is 354 g/mol. The zero-order valence-corrected chi connectivity index (χ0v) is 13.2. The Morgan fingerprint density at radius 2 is 2.00 bits per heavy atom. The molecule has 0 aromatic heterocycles. The zero-order chi connectivity index (χ0) is 13.4. The van der Waals surface area contributed by atoms with Gasteiger partial charge in [0.1, 0.15) is 0 Å². The molecule has 0 atom stereocenters. The van der Waals surface area contributed by atoms with E-state index in [9.17, 15) is 4.79 Å². The number of ether oxygens (including phenoxy) is 1. The number of hydrogen-bond acceptors (Lipinski definition) is 3. The van der Waals surface area contributed by atoms with Crippen molar-refractivity contribution in [2.75, 3.05) is 31.0 Å². The molecule has 1 rings (SSSR count). The van der Waals surface area contributed by atoms with E-state index in [0.29, 0.717) is 10.8 Å². The number of carbonyl (C=O) groups is 1. The molecule has 0 heterocycles. The second kappa shape index (κ2) is 8.41. The summed E-state index contributed by atoms with van der Waals surface area (Å²) in [6, 6.07) is 5.24. The Hall–Kier alpha value is -0.690. The molecule has 1 amide bonds. The second-order valence-electron chi connectivity index (χ2n) is 3.15. The molecule has 6 heteroatoms. The Morgan fingerprint density at radius 3 is 2.47 bits per heavy atom. The second-order valence-corrected chi connectivity index (χ2v) is 3.56. The summed E-state index contributed by atoms with van der Waals surface area (Å²) in [4.78, 5) is 14.9. The maximum Gasteiger partial charge on any atom is 0.412 e. The third-order valence-electron chi connectivity index (χ3n) is 1.84. The maximum atomic E-state index is 11.0. The first-order valence-electron chi connectivity index (χ1n) is 4.79. The number of hydrogen-bond donors (Lipinski definition) is 1. The Bertz CT molecular complexity index is 372. The van der Waals surface area contributed by atoms with E-state index in [-0.39, 0.29) is 0 Å². The van der Waals surface area contributed by atoms with Crippen molar-refractivity contribution in [1.29, 1.82) is 0 Å². The summed E-state index contributed by atoms with van der Waals surface area (Å²) in [5.41, 5.74) is 0.915. The number of amides is 1. The topological polar surface area (TPSA) is 41.6 Å². The molecule has 0 aliphatic heterocycles. The summed E-state index contributed by atoms with van der Waals surface area (Å²) < 4.78 is 4.98. The molecule has 1 aromatic rings. The van der Waals surface area contributed by atoms with Crippen LogP contribution in [0.1, 0.15) is 0 Å². The third-order valence-corrected chi connectivity index (χ3v) is 2.15. The molecular formula is C11H16ClIN2O2. The van der Waals surface area contributed by atoms with Crippen molar-refractivity contribution < 1.29 is 9.53 Å². The zero-order valence-electron chi connectivity index (χ0n) is 10.3. The van der Waals surface area contributed by atoms with Gasteiger partial charge in [0.25, 0.3) is 0 Å². The van der Waals surface area contributed by atoms with Crippen LogP contribution < -0.4 is 15.0 Å². The summed E-state index contributed by atoms with van der Waals surface area (Å²) >= 11 is 8.03. The molecule has 0 bridgehead atoms. The number of halogens is 2. The molecule has 0 unspecified atom stereocenters. The quantitative estimate of drug-likeness (QED) is 0.642. The molecule has 0 radical (unpaired) electrons. The van der Waals surface area contributed by atoms with Crippen LogP contribution in [0.15, 0.2) is 18.2 Å². The lowest BCUT2D eigenvalue weighted by Crippen LogP contribution is -2.22. The average molecular weight is 371 g/mol. The van der Waals surface area contributed by atoms with Crippen LogP contribution >= 0.6 is 34.2 Å². The van der Waals surface area contributed by atoms with Crippen LogP contribution in [0.25, 0.3) is 0 Å². The van der Waals surface area contributed by atoms with Gasteiger partial charge in [-0.05, 0) is 17.1 Å². The van der Waals surface area contributed by atoms with E-state index >= 15 is 0 Å². The van der Waals surface area contributed by atoms with Crippen molar-refractivity contribution in [3.8, 4) is 5.75 Å². The fraction of sp³-hybridized carbons (Fsp3) is 0.364. The lowest BCUT2D eigenvalue weighted by Gasteiger charge is -2.14. The van der Waals surface area contributed by atoms with E-state index < -0.39 is 6.09 Å². The fourth-order valence-electron chi connectivity index (χ4n) is 0.999. The third kappa shape index (κ3) is 5.45. The number of benzene rings is 1. The van der Waals surface area contributed by atoms with Crippen LogP contribution in [0, 0.1) is 0 Å². The van der Waals surface area contributed by atoms with Gasteiger partial charge in [-0.15, -0.1) is 0 Å². The van der Waals surface area contributed by atoms with Gasteiger partial charge in [0.2, 0.25) is 0 Å². The van der Waals surface area contributed by atoms with Crippen LogP contribution in [-0.2, 0) is 0 Å². The minimum atomic E-state index is -0.534. The minimum Gasteiger partial charge on any atom is -0.409 e. The summed E-state index contributed by atoms with van der Waals surface area (Å²) in [6.45, 7) is 0. The Morgan fingerprint density at radius 1 is 1.41 bits per heavy atom. The standard InChI is InChI=1S/C10H13ClN2O2.CH3I/c1-12-10(14)15-9-6-7(13(2)3)4-5-8(9)11;1-2/h4-6H,1-3H3,(H,12,14);1H3. The normalized spacial score (nSPS) is 8.82. The van der Waals surface area contributed by atoms with E-state index in [0.717, 1.165) is 5.69 Å². The van der Waals surface area contributed by atoms with Crippen molar-refractivity contribution in [2.45, 2.75) is 0 Å². The minimum absolute atomic E-state index is 0.349. The molecule has 0 spiro atoms. The van der Waals surface area contributed by atoms with Crippen molar-refractivity contribution in [3.63, 3.8) is 0 Å². The van der Waals surface area contributed by atoms with Gasteiger partial charge in [0.05, 0.1) is 5.02 Å². The van der Waals surface area contributed by atoms with Crippen LogP contribution in [0.5, 0.6) is 5.75 Å². The predicted molar refractivity (Wildman–Crippen MR) is 80.8 cm³/mol. The summed E-state index contributed by atoms with van der Waals surface area (Å²) in [7, 11) is 5.28. The number of nitrogens with one attached hydrogen (secondary N) is 1. The highest BCUT2D eigenvalue weighted by Gasteiger charge is 2.08. The van der Waals surface area contributed by atoms with Crippen molar-refractivity contribution in [3.05, 3.63) is 23.2 Å². The van der Waals surface area contributed by atoms with E-state index in [2.05, 4.69) is 27.9 Å². The van der Waals surface area contributed by atoms with Crippen molar-refractivity contribution >= 4 is 46.0 Å². The van der Waals surface area contributed by atoms with Crippen LogP contribution in [0.4, 0.5) is 10.5 Å². The van der Waals surface area contributed by atoms with Crippen molar-refractivity contribution in [2.24, 2.45) is 0 Å². The van der Waals surface area contributed by atoms with E-state index in [4.69, 9.17) is 16.3 Å². The predicted octanol–water partition coefficient (Wildman–Crippen LogP) is 3.18. The largest absolute Gasteiger partial charge is 0.412 e. The highest BCUT2D eigenvalue weighted by atomic mass is 127. The molecule has 4 nitrogen and oxygen atoms in total. The Balaban J connectivity index is 0.00000121. The van der Waals surface area contributed by atoms with Gasteiger partial charge in [0.15, 0.2) is 5.75 Å². The first-order chi connectivity index (χ1) is 8.04. The van der Waals surface area contributed by atoms with Gasteiger partial charge < -0.3 is 15.0 Å². The Labute approximate surface area is 120 Å². The molecule has 1 aromatic carbocycles. The Kier molecular flexibility index (Phi) is 8.07. The summed E-state index contributed by atoms with van der Waals surface area (Å²) in [6.07, 6.45) is -0.534. The van der Waals surface area contributed by atoms with Gasteiger partial charge in [-0.1, -0.05) is 34.2 Å². The number of alkyl halides is 1. The number of nitrogens with zero attached hydrogens (tertiary/aromatic N) is 1. The lowest BCUT2D eigenvalue weighted by molar-refractivity contribution is 0.203. The molecule has 96 valence electrons. The highest BCUT2D eigenvalue weighted by Crippen LogP contribution is 2.28.